The highest BCUT2D eigenvalue weighted by molar-refractivity contribution is 5.87. The summed E-state index contributed by atoms with van der Waals surface area (Å²) in [5, 5.41) is 3.43. The molecule has 0 saturated carbocycles. The van der Waals surface area contributed by atoms with Gasteiger partial charge in [-0.3, -0.25) is 10.1 Å². The number of fused-ring (bicyclic) bond motifs is 1. The van der Waals surface area contributed by atoms with Crippen LogP contribution in [0.3, 0.4) is 0 Å². The molecule has 0 heterocycles. The number of primary amides is 1. The van der Waals surface area contributed by atoms with Crippen LogP contribution in [0.25, 0.3) is 0 Å². The highest BCUT2D eigenvalue weighted by Crippen LogP contribution is 2.40. The normalized spacial score (nSPS) is 25.5. The Morgan fingerprint density at radius 2 is 2.15 bits per heavy atom. The predicted octanol–water partition coefficient (Wildman–Crippen LogP) is 1.42. The van der Waals surface area contributed by atoms with E-state index in [2.05, 4.69) is 23.2 Å². The molecule has 110 valence electrons. The molecule has 3 N–H and O–H groups in total. The molecule has 1 aromatic rings. The molecule has 2 rings (SSSR count). The number of amides is 1. The molecule has 4 nitrogen and oxygen atoms in total. The average Bonchev–Trinajstić information content (AvgIpc) is 2.41. The van der Waals surface area contributed by atoms with Gasteiger partial charge in [0.1, 0.15) is 5.54 Å². The lowest BCUT2D eigenvalue weighted by Gasteiger charge is -2.40. The van der Waals surface area contributed by atoms with Crippen molar-refractivity contribution in [3.05, 3.63) is 35.4 Å². The summed E-state index contributed by atoms with van der Waals surface area (Å²) >= 11 is 0. The number of hydrogen-bond donors (Lipinski definition) is 2. The fourth-order valence-electron chi connectivity index (χ4n) is 3.06. The summed E-state index contributed by atoms with van der Waals surface area (Å²) in [6.07, 6.45) is 1.75. The van der Waals surface area contributed by atoms with Crippen LogP contribution in [0.15, 0.2) is 24.3 Å². The Labute approximate surface area is 121 Å². The molecule has 1 aliphatic carbocycles. The van der Waals surface area contributed by atoms with E-state index < -0.39 is 5.54 Å². The van der Waals surface area contributed by atoms with Gasteiger partial charge in [-0.2, -0.15) is 0 Å². The van der Waals surface area contributed by atoms with E-state index in [1.807, 2.05) is 32.3 Å². The second-order valence-corrected chi connectivity index (χ2v) is 6.03. The van der Waals surface area contributed by atoms with Crippen molar-refractivity contribution < 1.29 is 4.79 Å². The van der Waals surface area contributed by atoms with E-state index in [0.717, 1.165) is 31.5 Å². The Morgan fingerprint density at radius 3 is 2.80 bits per heavy atom. The molecule has 1 aliphatic rings. The second kappa shape index (κ2) is 5.94. The van der Waals surface area contributed by atoms with Gasteiger partial charge in [0.2, 0.25) is 5.91 Å². The monoisotopic (exact) mass is 275 g/mol. The first-order valence-electron chi connectivity index (χ1n) is 7.26. The van der Waals surface area contributed by atoms with Crippen molar-refractivity contribution in [2.45, 2.75) is 31.2 Å². The van der Waals surface area contributed by atoms with Crippen LogP contribution in [0.2, 0.25) is 0 Å². The lowest BCUT2D eigenvalue weighted by atomic mass is 9.72. The van der Waals surface area contributed by atoms with Gasteiger partial charge in [0.05, 0.1) is 0 Å². The van der Waals surface area contributed by atoms with Gasteiger partial charge in [0.15, 0.2) is 0 Å². The smallest absolute Gasteiger partial charge is 0.242 e. The number of carbonyl (C=O) groups is 1. The first-order valence-corrected chi connectivity index (χ1v) is 7.26. The van der Waals surface area contributed by atoms with E-state index in [1.165, 1.54) is 5.56 Å². The molecule has 0 bridgehead atoms. The predicted molar refractivity (Wildman–Crippen MR) is 81.5 cm³/mol. The summed E-state index contributed by atoms with van der Waals surface area (Å²) in [6.45, 7) is 3.84. The van der Waals surface area contributed by atoms with E-state index in [-0.39, 0.29) is 5.91 Å². The molecule has 0 saturated heterocycles. The zero-order valence-electron chi connectivity index (χ0n) is 12.6. The topological polar surface area (TPSA) is 58.4 Å². The van der Waals surface area contributed by atoms with Crippen LogP contribution in [-0.2, 0) is 10.3 Å². The maximum absolute atomic E-state index is 12.2. The van der Waals surface area contributed by atoms with Crippen molar-refractivity contribution in [3.63, 3.8) is 0 Å². The van der Waals surface area contributed by atoms with Crippen molar-refractivity contribution >= 4 is 5.91 Å². The summed E-state index contributed by atoms with van der Waals surface area (Å²) in [5.41, 5.74) is 7.36. The maximum Gasteiger partial charge on any atom is 0.242 e. The SMILES string of the molecule is CC1CCC(NCCN(C)C)(C(N)=O)c2ccccc21. The van der Waals surface area contributed by atoms with Gasteiger partial charge >= 0.3 is 0 Å². The minimum atomic E-state index is -0.709. The van der Waals surface area contributed by atoms with Crippen molar-refractivity contribution in [1.82, 2.24) is 10.2 Å². The number of hydrogen-bond acceptors (Lipinski definition) is 3. The quantitative estimate of drug-likeness (QED) is 0.854. The molecule has 1 aromatic carbocycles. The standard InChI is InChI=1S/C16H25N3O/c1-12-8-9-16(15(17)20,18-10-11-19(2)3)14-7-5-4-6-13(12)14/h4-7,12,18H,8-11H2,1-3H3,(H2,17,20). The molecule has 0 aromatic heterocycles. The van der Waals surface area contributed by atoms with Crippen molar-refractivity contribution in [3.8, 4) is 0 Å². The molecule has 0 aliphatic heterocycles. The van der Waals surface area contributed by atoms with E-state index in [1.54, 1.807) is 0 Å². The van der Waals surface area contributed by atoms with Gasteiger partial charge in [-0.1, -0.05) is 31.2 Å². The fraction of sp³-hybridized carbons (Fsp3) is 0.562. The number of benzene rings is 1. The van der Waals surface area contributed by atoms with Gasteiger partial charge in [-0.05, 0) is 44.0 Å². The summed E-state index contributed by atoms with van der Waals surface area (Å²) < 4.78 is 0. The third-order valence-corrected chi connectivity index (χ3v) is 4.31. The van der Waals surface area contributed by atoms with Crippen LogP contribution in [0.5, 0.6) is 0 Å². The zero-order valence-corrected chi connectivity index (χ0v) is 12.6. The van der Waals surface area contributed by atoms with Crippen LogP contribution in [0.1, 0.15) is 36.8 Å². The summed E-state index contributed by atoms with van der Waals surface area (Å²) in [5.74, 6) is 0.213. The average molecular weight is 275 g/mol. The van der Waals surface area contributed by atoms with Gasteiger partial charge in [-0.15, -0.1) is 0 Å². The Kier molecular flexibility index (Phi) is 4.45. The molecule has 2 atom stereocenters. The summed E-state index contributed by atoms with van der Waals surface area (Å²) in [7, 11) is 4.05. The lowest BCUT2D eigenvalue weighted by Crippen LogP contribution is -2.55. The Balaban J connectivity index is 2.33. The molecule has 4 heteroatoms. The maximum atomic E-state index is 12.2. The van der Waals surface area contributed by atoms with Crippen LogP contribution >= 0.6 is 0 Å². The van der Waals surface area contributed by atoms with Crippen LogP contribution < -0.4 is 11.1 Å². The minimum Gasteiger partial charge on any atom is -0.368 e. The molecular weight excluding hydrogens is 250 g/mol. The molecule has 0 spiro atoms. The third-order valence-electron chi connectivity index (χ3n) is 4.31. The van der Waals surface area contributed by atoms with Crippen molar-refractivity contribution in [2.75, 3.05) is 27.2 Å². The third kappa shape index (κ3) is 2.72. The van der Waals surface area contributed by atoms with E-state index in [9.17, 15) is 4.79 Å². The molecule has 0 radical (unpaired) electrons. The first-order chi connectivity index (χ1) is 9.47. The summed E-state index contributed by atoms with van der Waals surface area (Å²) in [6, 6.07) is 8.18. The minimum absolute atomic E-state index is 0.268. The van der Waals surface area contributed by atoms with Gasteiger partial charge < -0.3 is 10.6 Å². The van der Waals surface area contributed by atoms with E-state index >= 15 is 0 Å². The van der Waals surface area contributed by atoms with Crippen molar-refractivity contribution in [1.29, 1.82) is 0 Å². The lowest BCUT2D eigenvalue weighted by molar-refractivity contribution is -0.125. The van der Waals surface area contributed by atoms with Gasteiger partial charge in [0.25, 0.3) is 0 Å². The number of likely N-dealkylation sites (N-methyl/N-ethyl adjacent to an activating group) is 1. The number of nitrogens with zero attached hydrogens (tertiary/aromatic N) is 1. The number of nitrogens with one attached hydrogen (secondary N) is 1. The Hall–Kier alpha value is -1.39. The first kappa shape index (κ1) is 15.0. The van der Waals surface area contributed by atoms with E-state index in [4.69, 9.17) is 5.73 Å². The summed E-state index contributed by atoms with van der Waals surface area (Å²) in [4.78, 5) is 14.3. The highest BCUT2D eigenvalue weighted by atomic mass is 16.1. The van der Waals surface area contributed by atoms with Crippen LogP contribution in [0.4, 0.5) is 0 Å². The van der Waals surface area contributed by atoms with E-state index in [0.29, 0.717) is 5.92 Å². The zero-order chi connectivity index (χ0) is 14.8. The van der Waals surface area contributed by atoms with Crippen LogP contribution in [-0.4, -0.2) is 38.0 Å². The molecular formula is C16H25N3O. The largest absolute Gasteiger partial charge is 0.368 e. The number of carbonyl (C=O) groups excluding carboxylic acids is 1. The molecule has 1 amide bonds. The van der Waals surface area contributed by atoms with Gasteiger partial charge in [-0.25, -0.2) is 0 Å². The number of rotatable bonds is 5. The Bertz CT molecular complexity index is 486. The van der Waals surface area contributed by atoms with Gasteiger partial charge in [0, 0.05) is 13.1 Å². The molecule has 2 unspecified atom stereocenters. The Morgan fingerprint density at radius 1 is 1.45 bits per heavy atom. The van der Waals surface area contributed by atoms with Crippen LogP contribution in [0, 0.1) is 0 Å². The highest BCUT2D eigenvalue weighted by Gasteiger charge is 2.43. The molecule has 0 fully saturated rings. The fourth-order valence-corrected chi connectivity index (χ4v) is 3.06. The number of nitrogens with two attached hydrogens (primary N) is 1. The molecule has 20 heavy (non-hydrogen) atoms. The van der Waals surface area contributed by atoms with Crippen molar-refractivity contribution in [2.24, 2.45) is 5.73 Å². The second-order valence-electron chi connectivity index (χ2n) is 6.03.